The molecule has 3 nitrogen and oxygen atoms in total. The average Bonchev–Trinajstić information content (AvgIpc) is 2.54. The predicted octanol–water partition coefficient (Wildman–Crippen LogP) is 1.19. The zero-order valence-electron chi connectivity index (χ0n) is 7.43. The van der Waals surface area contributed by atoms with Crippen molar-refractivity contribution in [3.05, 3.63) is 17.5 Å². The van der Waals surface area contributed by atoms with Crippen LogP contribution in [0.25, 0.3) is 0 Å². The second kappa shape index (κ2) is 3.27. The lowest BCUT2D eigenvalue weighted by molar-refractivity contribution is 0.454. The highest BCUT2D eigenvalue weighted by atomic mass is 15.1. The van der Waals surface area contributed by atoms with Crippen LogP contribution in [0, 0.1) is 6.92 Å². The van der Waals surface area contributed by atoms with Gasteiger partial charge in [0.25, 0.3) is 0 Å². The summed E-state index contributed by atoms with van der Waals surface area (Å²) in [6, 6.07) is 2.15. The Bertz CT molecular complexity index is 248. The fourth-order valence-corrected chi connectivity index (χ4v) is 1.75. The molecule has 1 fully saturated rings. The van der Waals surface area contributed by atoms with E-state index in [1.807, 2.05) is 6.92 Å². The fourth-order valence-electron chi connectivity index (χ4n) is 1.75. The molecule has 0 radical (unpaired) electrons. The van der Waals surface area contributed by atoms with Gasteiger partial charge in [-0.25, -0.2) is 0 Å². The molecule has 2 N–H and O–H groups in total. The van der Waals surface area contributed by atoms with E-state index in [1.54, 1.807) is 0 Å². The number of hydrogen-bond donors (Lipinski definition) is 2. The number of H-pyrrole nitrogens is 1. The normalized spacial score (nSPS) is 24.2. The van der Waals surface area contributed by atoms with Crippen LogP contribution in [0.3, 0.4) is 0 Å². The maximum atomic E-state index is 4.27. The van der Waals surface area contributed by atoms with Crippen molar-refractivity contribution in [2.45, 2.75) is 25.7 Å². The van der Waals surface area contributed by atoms with Gasteiger partial charge in [0.1, 0.15) is 0 Å². The first-order valence-corrected chi connectivity index (χ1v) is 4.59. The van der Waals surface area contributed by atoms with Gasteiger partial charge in [-0.05, 0) is 32.4 Å². The number of aromatic nitrogens is 2. The molecule has 0 spiro atoms. The lowest BCUT2D eigenvalue weighted by atomic mass is 9.96. The van der Waals surface area contributed by atoms with Crippen molar-refractivity contribution in [2.75, 3.05) is 13.1 Å². The van der Waals surface area contributed by atoms with Gasteiger partial charge in [-0.2, -0.15) is 5.10 Å². The molecule has 3 heteroatoms. The molecule has 1 saturated heterocycles. The highest BCUT2D eigenvalue weighted by Gasteiger charge is 2.16. The lowest BCUT2D eigenvalue weighted by Crippen LogP contribution is -2.28. The monoisotopic (exact) mass is 165 g/mol. The quantitative estimate of drug-likeness (QED) is 0.656. The van der Waals surface area contributed by atoms with Crippen LogP contribution in [-0.4, -0.2) is 23.3 Å². The SMILES string of the molecule is Cc1cc([C@@H]2CCCNC2)n[nH]1. The molecule has 66 valence electrons. The van der Waals surface area contributed by atoms with Gasteiger partial charge in [0.05, 0.1) is 5.69 Å². The summed E-state index contributed by atoms with van der Waals surface area (Å²) in [5, 5.41) is 10.7. The maximum Gasteiger partial charge on any atom is 0.0668 e. The summed E-state index contributed by atoms with van der Waals surface area (Å²) in [6.07, 6.45) is 2.55. The number of rotatable bonds is 1. The molecule has 0 unspecified atom stereocenters. The molecule has 1 atom stereocenters. The zero-order chi connectivity index (χ0) is 8.39. The highest BCUT2D eigenvalue weighted by Crippen LogP contribution is 2.21. The molecule has 12 heavy (non-hydrogen) atoms. The Morgan fingerprint density at radius 3 is 3.08 bits per heavy atom. The second-order valence-corrected chi connectivity index (χ2v) is 3.52. The fraction of sp³-hybridized carbons (Fsp3) is 0.667. The summed E-state index contributed by atoms with van der Waals surface area (Å²) in [4.78, 5) is 0. The Labute approximate surface area is 72.6 Å². The molecule has 1 aliphatic heterocycles. The topological polar surface area (TPSA) is 40.7 Å². The van der Waals surface area contributed by atoms with Gasteiger partial charge < -0.3 is 5.32 Å². The van der Waals surface area contributed by atoms with Crippen LogP contribution in [0.5, 0.6) is 0 Å². The molecule has 2 rings (SSSR count). The van der Waals surface area contributed by atoms with E-state index in [9.17, 15) is 0 Å². The van der Waals surface area contributed by atoms with Crippen LogP contribution < -0.4 is 5.32 Å². The minimum absolute atomic E-state index is 0.628. The van der Waals surface area contributed by atoms with Crippen molar-refractivity contribution in [2.24, 2.45) is 0 Å². The van der Waals surface area contributed by atoms with Crippen LogP contribution in [0.15, 0.2) is 6.07 Å². The van der Waals surface area contributed by atoms with Gasteiger partial charge in [-0.15, -0.1) is 0 Å². The van der Waals surface area contributed by atoms with Crippen molar-refractivity contribution in [3.8, 4) is 0 Å². The third-order valence-electron chi connectivity index (χ3n) is 2.44. The molecule has 0 bridgehead atoms. The van der Waals surface area contributed by atoms with E-state index in [1.165, 1.54) is 25.1 Å². The molecule has 1 aromatic rings. The van der Waals surface area contributed by atoms with E-state index in [0.29, 0.717) is 5.92 Å². The number of nitrogens with zero attached hydrogens (tertiary/aromatic N) is 1. The summed E-state index contributed by atoms with van der Waals surface area (Å²) < 4.78 is 0. The van der Waals surface area contributed by atoms with E-state index in [0.717, 1.165) is 12.2 Å². The van der Waals surface area contributed by atoms with E-state index in [-0.39, 0.29) is 0 Å². The van der Waals surface area contributed by atoms with Gasteiger partial charge in [0.15, 0.2) is 0 Å². The van der Waals surface area contributed by atoms with Crippen LogP contribution in [0.4, 0.5) is 0 Å². The van der Waals surface area contributed by atoms with Gasteiger partial charge in [0, 0.05) is 18.2 Å². The summed E-state index contributed by atoms with van der Waals surface area (Å²) in [6.45, 7) is 4.30. The second-order valence-electron chi connectivity index (χ2n) is 3.52. The van der Waals surface area contributed by atoms with Gasteiger partial charge >= 0.3 is 0 Å². The molecule has 1 aliphatic rings. The van der Waals surface area contributed by atoms with Gasteiger partial charge in [-0.3, -0.25) is 5.10 Å². The predicted molar refractivity (Wildman–Crippen MR) is 48.2 cm³/mol. The molecule has 0 aliphatic carbocycles. The van der Waals surface area contributed by atoms with Crippen LogP contribution in [0.1, 0.15) is 30.1 Å². The smallest absolute Gasteiger partial charge is 0.0668 e. The number of piperidine rings is 1. The number of aryl methyl sites for hydroxylation is 1. The van der Waals surface area contributed by atoms with Crippen LogP contribution >= 0.6 is 0 Å². The van der Waals surface area contributed by atoms with E-state index in [4.69, 9.17) is 0 Å². The Morgan fingerprint density at radius 2 is 2.50 bits per heavy atom. The summed E-state index contributed by atoms with van der Waals surface area (Å²) >= 11 is 0. The molecule has 2 heterocycles. The van der Waals surface area contributed by atoms with Crippen molar-refractivity contribution < 1.29 is 0 Å². The first-order valence-electron chi connectivity index (χ1n) is 4.59. The molecular weight excluding hydrogens is 150 g/mol. The average molecular weight is 165 g/mol. The summed E-state index contributed by atoms with van der Waals surface area (Å²) in [7, 11) is 0. The van der Waals surface area contributed by atoms with Crippen molar-refractivity contribution in [3.63, 3.8) is 0 Å². The van der Waals surface area contributed by atoms with Crippen LogP contribution in [0.2, 0.25) is 0 Å². The standard InChI is InChI=1S/C9H15N3/c1-7-5-9(12-11-7)8-3-2-4-10-6-8/h5,8,10H,2-4,6H2,1H3,(H,11,12)/t8-/m1/s1. The molecule has 1 aromatic heterocycles. The Morgan fingerprint density at radius 1 is 1.58 bits per heavy atom. The van der Waals surface area contributed by atoms with E-state index in [2.05, 4.69) is 21.6 Å². The Hall–Kier alpha value is -0.830. The number of aromatic amines is 1. The zero-order valence-corrected chi connectivity index (χ0v) is 7.43. The third kappa shape index (κ3) is 1.50. The third-order valence-corrected chi connectivity index (χ3v) is 2.44. The molecular formula is C9H15N3. The Balaban J connectivity index is 2.08. The summed E-state index contributed by atoms with van der Waals surface area (Å²) in [5.74, 6) is 0.628. The molecule has 0 amide bonds. The van der Waals surface area contributed by atoms with Gasteiger partial charge in [-0.1, -0.05) is 0 Å². The van der Waals surface area contributed by atoms with E-state index < -0.39 is 0 Å². The van der Waals surface area contributed by atoms with Crippen molar-refractivity contribution in [1.82, 2.24) is 15.5 Å². The number of hydrogen-bond acceptors (Lipinski definition) is 2. The Kier molecular flexibility index (Phi) is 2.13. The first-order chi connectivity index (χ1) is 5.86. The lowest BCUT2D eigenvalue weighted by Gasteiger charge is -2.20. The van der Waals surface area contributed by atoms with Crippen LogP contribution in [-0.2, 0) is 0 Å². The maximum absolute atomic E-state index is 4.27. The minimum atomic E-state index is 0.628. The van der Waals surface area contributed by atoms with E-state index >= 15 is 0 Å². The molecule has 0 aromatic carbocycles. The van der Waals surface area contributed by atoms with Crippen molar-refractivity contribution >= 4 is 0 Å². The summed E-state index contributed by atoms with van der Waals surface area (Å²) in [5.41, 5.74) is 2.38. The largest absolute Gasteiger partial charge is 0.316 e. The first kappa shape index (κ1) is 7.80. The highest BCUT2D eigenvalue weighted by molar-refractivity contribution is 5.12. The number of nitrogens with one attached hydrogen (secondary N) is 2. The molecule has 0 saturated carbocycles. The van der Waals surface area contributed by atoms with Crippen molar-refractivity contribution in [1.29, 1.82) is 0 Å². The minimum Gasteiger partial charge on any atom is -0.316 e. The van der Waals surface area contributed by atoms with Gasteiger partial charge in [0.2, 0.25) is 0 Å².